The highest BCUT2D eigenvalue weighted by Crippen LogP contribution is 2.38. The maximum absolute atomic E-state index is 6.38. The predicted octanol–water partition coefficient (Wildman–Crippen LogP) is 3.37. The SMILES string of the molecule is c1ccc(C2CO[C@H](c3cnc(N4CCOCC4)nc3)c3nc4ccccc4n32)cc1. The number of nitrogens with zero attached hydrogens (tertiary/aromatic N) is 5. The molecule has 0 aliphatic carbocycles. The van der Waals surface area contributed by atoms with Crippen LogP contribution in [-0.2, 0) is 9.47 Å². The van der Waals surface area contributed by atoms with Gasteiger partial charge in [-0.25, -0.2) is 15.0 Å². The molecule has 31 heavy (non-hydrogen) atoms. The first-order valence-electron chi connectivity index (χ1n) is 10.7. The van der Waals surface area contributed by atoms with Gasteiger partial charge in [-0.15, -0.1) is 0 Å². The fraction of sp³-hybridized carbons (Fsp3) is 0.292. The average molecular weight is 413 g/mol. The highest BCUT2D eigenvalue weighted by Gasteiger charge is 2.33. The van der Waals surface area contributed by atoms with Gasteiger partial charge in [-0.2, -0.15) is 0 Å². The third-order valence-corrected chi connectivity index (χ3v) is 6.03. The van der Waals surface area contributed by atoms with E-state index in [1.807, 2.05) is 24.5 Å². The highest BCUT2D eigenvalue weighted by atomic mass is 16.5. The molecule has 6 rings (SSSR count). The topological polar surface area (TPSA) is 65.3 Å². The molecule has 2 aliphatic rings. The van der Waals surface area contributed by atoms with Crippen molar-refractivity contribution in [3.8, 4) is 0 Å². The Kier molecular flexibility index (Phi) is 4.62. The third kappa shape index (κ3) is 3.26. The van der Waals surface area contributed by atoms with Crippen LogP contribution in [0, 0.1) is 0 Å². The van der Waals surface area contributed by atoms with Crippen molar-refractivity contribution in [2.24, 2.45) is 0 Å². The van der Waals surface area contributed by atoms with Gasteiger partial charge in [0, 0.05) is 31.0 Å². The summed E-state index contributed by atoms with van der Waals surface area (Å²) in [4.78, 5) is 16.4. The Balaban J connectivity index is 1.40. The summed E-state index contributed by atoms with van der Waals surface area (Å²) < 4.78 is 14.1. The van der Waals surface area contributed by atoms with Crippen LogP contribution in [0.4, 0.5) is 5.95 Å². The number of imidazole rings is 1. The summed E-state index contributed by atoms with van der Waals surface area (Å²) in [6.45, 7) is 3.61. The van der Waals surface area contributed by atoms with Crippen molar-refractivity contribution in [2.75, 3.05) is 37.8 Å². The lowest BCUT2D eigenvalue weighted by Crippen LogP contribution is -2.37. The Labute approximate surface area is 180 Å². The van der Waals surface area contributed by atoms with E-state index in [1.165, 1.54) is 5.56 Å². The molecule has 7 nitrogen and oxygen atoms in total. The van der Waals surface area contributed by atoms with Crippen molar-refractivity contribution in [1.29, 1.82) is 0 Å². The van der Waals surface area contributed by atoms with Crippen LogP contribution < -0.4 is 4.90 Å². The first-order valence-corrected chi connectivity index (χ1v) is 10.7. The van der Waals surface area contributed by atoms with Crippen molar-refractivity contribution in [1.82, 2.24) is 19.5 Å². The lowest BCUT2D eigenvalue weighted by atomic mass is 10.0. The summed E-state index contributed by atoms with van der Waals surface area (Å²) in [5.74, 6) is 1.63. The van der Waals surface area contributed by atoms with Crippen LogP contribution in [0.15, 0.2) is 67.0 Å². The van der Waals surface area contributed by atoms with E-state index >= 15 is 0 Å². The van der Waals surface area contributed by atoms with E-state index in [0.717, 1.165) is 41.5 Å². The molecule has 1 saturated heterocycles. The second-order valence-corrected chi connectivity index (χ2v) is 7.88. The van der Waals surface area contributed by atoms with Crippen LogP contribution >= 0.6 is 0 Å². The number of hydrogen-bond acceptors (Lipinski definition) is 6. The van der Waals surface area contributed by atoms with Gasteiger partial charge < -0.3 is 18.9 Å². The predicted molar refractivity (Wildman–Crippen MR) is 117 cm³/mol. The molecular weight excluding hydrogens is 390 g/mol. The Bertz CT molecular complexity index is 1190. The van der Waals surface area contributed by atoms with Crippen LogP contribution in [0.5, 0.6) is 0 Å². The summed E-state index contributed by atoms with van der Waals surface area (Å²) in [6.07, 6.45) is 3.44. The van der Waals surface area contributed by atoms with Gasteiger partial charge in [0.05, 0.1) is 36.9 Å². The van der Waals surface area contributed by atoms with Gasteiger partial charge in [-0.3, -0.25) is 0 Å². The fourth-order valence-corrected chi connectivity index (χ4v) is 4.47. The van der Waals surface area contributed by atoms with Gasteiger partial charge in [0.2, 0.25) is 5.95 Å². The molecule has 2 aromatic heterocycles. The molecule has 1 fully saturated rings. The number of anilines is 1. The molecule has 156 valence electrons. The van der Waals surface area contributed by atoms with Crippen LogP contribution in [0.2, 0.25) is 0 Å². The molecule has 0 bridgehead atoms. The minimum Gasteiger partial charge on any atom is -0.378 e. The molecule has 1 unspecified atom stereocenters. The number of aromatic nitrogens is 4. The summed E-state index contributed by atoms with van der Waals surface area (Å²) >= 11 is 0. The zero-order valence-corrected chi connectivity index (χ0v) is 17.1. The molecular formula is C24H23N5O2. The molecule has 0 N–H and O–H groups in total. The van der Waals surface area contributed by atoms with E-state index in [4.69, 9.17) is 14.5 Å². The third-order valence-electron chi connectivity index (χ3n) is 6.03. The number of hydrogen-bond donors (Lipinski definition) is 0. The summed E-state index contributed by atoms with van der Waals surface area (Å²) in [5, 5.41) is 0. The van der Waals surface area contributed by atoms with Crippen LogP contribution in [0.25, 0.3) is 11.0 Å². The fourth-order valence-electron chi connectivity index (χ4n) is 4.47. The van der Waals surface area contributed by atoms with Gasteiger partial charge in [0.25, 0.3) is 0 Å². The van der Waals surface area contributed by atoms with Gasteiger partial charge in [-0.05, 0) is 17.7 Å². The largest absolute Gasteiger partial charge is 0.378 e. The molecule has 2 atom stereocenters. The number of fused-ring (bicyclic) bond motifs is 3. The lowest BCUT2D eigenvalue weighted by Gasteiger charge is -2.32. The summed E-state index contributed by atoms with van der Waals surface area (Å²) in [5.41, 5.74) is 4.22. The molecule has 2 aromatic carbocycles. The van der Waals surface area contributed by atoms with Crippen molar-refractivity contribution >= 4 is 17.0 Å². The molecule has 4 heterocycles. The monoisotopic (exact) mass is 413 g/mol. The molecule has 4 aromatic rings. The molecule has 2 aliphatic heterocycles. The number of ether oxygens (including phenoxy) is 2. The molecule has 0 amide bonds. The van der Waals surface area contributed by atoms with Gasteiger partial charge in [0.15, 0.2) is 0 Å². The van der Waals surface area contributed by atoms with Crippen LogP contribution in [0.3, 0.4) is 0 Å². The number of benzene rings is 2. The quantitative estimate of drug-likeness (QED) is 0.513. The Hall–Kier alpha value is -3.29. The number of para-hydroxylation sites is 2. The normalized spacial score (nSPS) is 21.2. The minimum atomic E-state index is -0.300. The van der Waals surface area contributed by atoms with E-state index in [0.29, 0.717) is 19.8 Å². The van der Waals surface area contributed by atoms with Crippen molar-refractivity contribution in [2.45, 2.75) is 12.1 Å². The highest BCUT2D eigenvalue weighted by molar-refractivity contribution is 5.76. The zero-order valence-electron chi connectivity index (χ0n) is 17.1. The van der Waals surface area contributed by atoms with E-state index in [9.17, 15) is 0 Å². The Morgan fingerprint density at radius 3 is 2.39 bits per heavy atom. The summed E-state index contributed by atoms with van der Waals surface area (Å²) in [6, 6.07) is 18.8. The molecule has 0 spiro atoms. The first kappa shape index (κ1) is 18.5. The average Bonchev–Trinajstić information content (AvgIpc) is 3.24. The van der Waals surface area contributed by atoms with E-state index in [1.54, 1.807) is 0 Å². The van der Waals surface area contributed by atoms with Crippen molar-refractivity contribution in [3.05, 3.63) is 83.9 Å². The second kappa shape index (κ2) is 7.76. The van der Waals surface area contributed by atoms with Gasteiger partial charge in [0.1, 0.15) is 11.9 Å². The Morgan fingerprint density at radius 1 is 0.839 bits per heavy atom. The number of morpholine rings is 1. The first-order chi connectivity index (χ1) is 15.4. The zero-order chi connectivity index (χ0) is 20.6. The minimum absolute atomic E-state index is 0.0772. The summed E-state index contributed by atoms with van der Waals surface area (Å²) in [7, 11) is 0. The van der Waals surface area contributed by atoms with Gasteiger partial charge in [-0.1, -0.05) is 42.5 Å². The van der Waals surface area contributed by atoms with Crippen LogP contribution in [-0.4, -0.2) is 52.4 Å². The lowest BCUT2D eigenvalue weighted by molar-refractivity contribution is 0.0308. The standard InChI is InChI=1S/C24H23N5O2/c1-2-6-17(7-3-1)21-16-31-22(23-27-19-8-4-5-9-20(19)29(21)23)18-14-25-24(26-15-18)28-10-12-30-13-11-28/h1-9,14-15,21-22H,10-13,16H2/t21?,22-/m1/s1. The molecule has 0 radical (unpaired) electrons. The van der Waals surface area contributed by atoms with E-state index < -0.39 is 0 Å². The van der Waals surface area contributed by atoms with E-state index in [-0.39, 0.29) is 12.1 Å². The Morgan fingerprint density at radius 2 is 1.58 bits per heavy atom. The molecule has 7 heteroatoms. The van der Waals surface area contributed by atoms with E-state index in [2.05, 4.69) is 61.9 Å². The van der Waals surface area contributed by atoms with Crippen LogP contribution in [0.1, 0.15) is 29.1 Å². The number of rotatable bonds is 3. The maximum atomic E-state index is 6.38. The maximum Gasteiger partial charge on any atom is 0.225 e. The molecule has 0 saturated carbocycles. The second-order valence-electron chi connectivity index (χ2n) is 7.88. The smallest absolute Gasteiger partial charge is 0.225 e. The van der Waals surface area contributed by atoms with Crippen molar-refractivity contribution in [3.63, 3.8) is 0 Å². The van der Waals surface area contributed by atoms with Crippen molar-refractivity contribution < 1.29 is 9.47 Å². The van der Waals surface area contributed by atoms with Gasteiger partial charge >= 0.3 is 0 Å².